The van der Waals surface area contributed by atoms with E-state index in [1.54, 1.807) is 47.6 Å². The van der Waals surface area contributed by atoms with Crippen molar-refractivity contribution in [3.63, 3.8) is 0 Å². The highest BCUT2D eigenvalue weighted by Crippen LogP contribution is 2.56. The predicted molar refractivity (Wildman–Crippen MR) is 140 cm³/mol. The number of nitrogens with zero attached hydrogens (tertiary/aromatic N) is 6. The van der Waals surface area contributed by atoms with Gasteiger partial charge in [0.1, 0.15) is 11.7 Å². The Kier molecular flexibility index (Phi) is 5.87. The van der Waals surface area contributed by atoms with Crippen molar-refractivity contribution in [2.75, 3.05) is 0 Å². The van der Waals surface area contributed by atoms with Gasteiger partial charge in [-0.05, 0) is 63.1 Å². The summed E-state index contributed by atoms with van der Waals surface area (Å²) < 4.78 is 9.21. The van der Waals surface area contributed by atoms with Crippen LogP contribution >= 0.6 is 0 Å². The van der Waals surface area contributed by atoms with Gasteiger partial charge in [-0.25, -0.2) is 9.50 Å². The summed E-state index contributed by atoms with van der Waals surface area (Å²) in [5, 5.41) is 25.7. The summed E-state index contributed by atoms with van der Waals surface area (Å²) in [4.78, 5) is 28.7. The molecule has 6 rings (SSSR count). The van der Waals surface area contributed by atoms with E-state index in [-0.39, 0.29) is 40.6 Å². The molecule has 2 aliphatic rings. The molecular weight excluding hydrogens is 500 g/mol. The van der Waals surface area contributed by atoms with Crippen molar-refractivity contribution in [3.05, 3.63) is 60.3 Å². The number of ether oxygens (including phenoxy) is 1. The molecule has 1 spiro atoms. The molecule has 0 bridgehead atoms. The van der Waals surface area contributed by atoms with Gasteiger partial charge in [-0.3, -0.25) is 14.3 Å². The minimum Gasteiger partial charge on any atom is -0.474 e. The van der Waals surface area contributed by atoms with Crippen LogP contribution in [0.4, 0.5) is 0 Å². The van der Waals surface area contributed by atoms with Crippen LogP contribution in [0.5, 0.6) is 5.88 Å². The van der Waals surface area contributed by atoms with Crippen molar-refractivity contribution < 1.29 is 19.4 Å². The molecule has 4 aromatic rings. The number of carbonyl (C=O) groups excluding carboxylic acids is 2. The third-order valence-electron chi connectivity index (χ3n) is 7.47. The standard InChI is InChI=1S/C27H30N8O4/c1-26(2,38)15-34-13-17(12-30-34)16-5-6-21-22(32-33-35(21)14-16)24(37)31-18-8-27(9-18)10-19(11-27)39-25-20(23(28)36)4-3-7-29-25/h3-7,12-14,18-19,38H,8-11,15H2,1-2H3,(H2,28,36)(H,31,37). The van der Waals surface area contributed by atoms with Crippen LogP contribution in [0.2, 0.25) is 0 Å². The number of rotatable bonds is 8. The number of nitrogens with one attached hydrogen (secondary N) is 1. The van der Waals surface area contributed by atoms with Crippen molar-refractivity contribution in [2.24, 2.45) is 11.1 Å². The van der Waals surface area contributed by atoms with E-state index in [4.69, 9.17) is 10.5 Å². The zero-order valence-corrected chi connectivity index (χ0v) is 21.7. The summed E-state index contributed by atoms with van der Waals surface area (Å²) in [5.41, 5.74) is 7.61. The minimum absolute atomic E-state index is 0.0210. The first-order chi connectivity index (χ1) is 18.6. The Hall–Kier alpha value is -4.32. The third kappa shape index (κ3) is 4.94. The fourth-order valence-corrected chi connectivity index (χ4v) is 5.72. The zero-order valence-electron chi connectivity index (χ0n) is 21.7. The molecule has 0 aliphatic heterocycles. The second-order valence-electron chi connectivity index (χ2n) is 11.4. The molecule has 12 heteroatoms. The lowest BCUT2D eigenvalue weighted by Crippen LogP contribution is -2.58. The van der Waals surface area contributed by atoms with Crippen molar-refractivity contribution in [2.45, 2.75) is 63.8 Å². The molecule has 39 heavy (non-hydrogen) atoms. The van der Waals surface area contributed by atoms with Crippen LogP contribution in [-0.2, 0) is 6.54 Å². The molecule has 0 atom stereocenters. The fraction of sp³-hybridized carbons (Fsp3) is 0.407. The van der Waals surface area contributed by atoms with Crippen LogP contribution in [0.3, 0.4) is 0 Å². The predicted octanol–water partition coefficient (Wildman–Crippen LogP) is 1.98. The highest BCUT2D eigenvalue weighted by molar-refractivity contribution is 5.99. The van der Waals surface area contributed by atoms with Gasteiger partial charge in [-0.15, -0.1) is 5.10 Å². The lowest BCUT2D eigenvalue weighted by Gasteiger charge is -2.57. The average Bonchev–Trinajstić information content (AvgIpc) is 3.47. The summed E-state index contributed by atoms with van der Waals surface area (Å²) in [6.45, 7) is 3.84. The smallest absolute Gasteiger partial charge is 0.274 e. The summed E-state index contributed by atoms with van der Waals surface area (Å²) in [6.07, 6.45) is 10.4. The second-order valence-corrected chi connectivity index (χ2v) is 11.4. The summed E-state index contributed by atoms with van der Waals surface area (Å²) in [5.74, 6) is -0.532. The quantitative estimate of drug-likeness (QED) is 0.311. The van der Waals surface area contributed by atoms with Crippen LogP contribution in [-0.4, -0.2) is 64.3 Å². The topological polar surface area (TPSA) is 163 Å². The SMILES string of the molecule is CC(C)(O)Cn1cc(-c2ccc3c(C(=O)NC4CC5(C4)CC(Oc4ncccc4C(N)=O)C5)nnn3c2)cn1. The van der Waals surface area contributed by atoms with E-state index >= 15 is 0 Å². The maximum atomic E-state index is 13.0. The van der Waals surface area contributed by atoms with Gasteiger partial charge >= 0.3 is 0 Å². The first kappa shape index (κ1) is 25.0. The van der Waals surface area contributed by atoms with Gasteiger partial charge in [0.05, 0.1) is 23.9 Å². The van der Waals surface area contributed by atoms with Gasteiger partial charge in [0.2, 0.25) is 5.88 Å². The van der Waals surface area contributed by atoms with Gasteiger partial charge in [-0.1, -0.05) is 11.3 Å². The molecule has 12 nitrogen and oxygen atoms in total. The fourth-order valence-electron chi connectivity index (χ4n) is 5.72. The van der Waals surface area contributed by atoms with Gasteiger partial charge < -0.3 is 20.9 Å². The summed E-state index contributed by atoms with van der Waals surface area (Å²) in [6, 6.07) is 7.05. The third-order valence-corrected chi connectivity index (χ3v) is 7.47. The molecule has 2 fully saturated rings. The molecular formula is C27H30N8O4. The Labute approximate surface area is 224 Å². The number of amides is 2. The Bertz CT molecular complexity index is 1560. The number of nitrogens with two attached hydrogens (primary N) is 1. The summed E-state index contributed by atoms with van der Waals surface area (Å²) in [7, 11) is 0. The molecule has 0 aromatic carbocycles. The normalized spacial score (nSPS) is 22.3. The Balaban J connectivity index is 1.04. The number of fused-ring (bicyclic) bond motifs is 1. The number of aromatic nitrogens is 6. The first-order valence-electron chi connectivity index (χ1n) is 12.9. The Morgan fingerprint density at radius 2 is 1.97 bits per heavy atom. The van der Waals surface area contributed by atoms with Gasteiger partial charge in [-0.2, -0.15) is 5.10 Å². The minimum atomic E-state index is -0.870. The van der Waals surface area contributed by atoms with E-state index in [2.05, 4.69) is 25.7 Å². The van der Waals surface area contributed by atoms with Gasteiger partial charge in [0.15, 0.2) is 5.69 Å². The molecule has 2 saturated carbocycles. The molecule has 0 unspecified atom stereocenters. The highest BCUT2D eigenvalue weighted by Gasteiger charge is 2.54. The van der Waals surface area contributed by atoms with Crippen molar-refractivity contribution in [1.29, 1.82) is 0 Å². The van der Waals surface area contributed by atoms with Gasteiger partial charge in [0.25, 0.3) is 11.8 Å². The largest absolute Gasteiger partial charge is 0.474 e. The number of aliphatic hydroxyl groups is 1. The van der Waals surface area contributed by atoms with Crippen LogP contribution in [0, 0.1) is 5.41 Å². The van der Waals surface area contributed by atoms with Crippen LogP contribution in [0.15, 0.2) is 49.1 Å². The number of carbonyl (C=O) groups is 2. The van der Waals surface area contributed by atoms with Crippen LogP contribution in [0.1, 0.15) is 60.4 Å². The van der Waals surface area contributed by atoms with Crippen molar-refractivity contribution in [1.82, 2.24) is 34.9 Å². The van der Waals surface area contributed by atoms with E-state index < -0.39 is 11.5 Å². The molecule has 4 heterocycles. The average molecular weight is 531 g/mol. The molecule has 0 radical (unpaired) electrons. The Morgan fingerprint density at radius 3 is 2.72 bits per heavy atom. The molecule has 2 amide bonds. The van der Waals surface area contributed by atoms with E-state index in [9.17, 15) is 14.7 Å². The van der Waals surface area contributed by atoms with Crippen molar-refractivity contribution in [3.8, 4) is 17.0 Å². The van der Waals surface area contributed by atoms with Gasteiger partial charge in [0, 0.05) is 35.8 Å². The van der Waals surface area contributed by atoms with Crippen molar-refractivity contribution >= 4 is 17.3 Å². The van der Waals surface area contributed by atoms with Crippen LogP contribution in [0.25, 0.3) is 16.6 Å². The molecule has 0 saturated heterocycles. The monoisotopic (exact) mass is 530 g/mol. The number of hydrogen-bond acceptors (Lipinski definition) is 8. The van der Waals surface area contributed by atoms with Crippen LogP contribution < -0.4 is 15.8 Å². The molecule has 202 valence electrons. The second kappa shape index (κ2) is 9.16. The zero-order chi connectivity index (χ0) is 27.4. The molecule has 4 aromatic heterocycles. The van der Waals surface area contributed by atoms with E-state index in [0.717, 1.165) is 36.8 Å². The van der Waals surface area contributed by atoms with E-state index in [0.29, 0.717) is 12.1 Å². The maximum absolute atomic E-state index is 13.0. The lowest BCUT2D eigenvalue weighted by atomic mass is 9.53. The molecule has 2 aliphatic carbocycles. The summed E-state index contributed by atoms with van der Waals surface area (Å²) >= 11 is 0. The molecule has 4 N–H and O–H groups in total. The lowest BCUT2D eigenvalue weighted by molar-refractivity contribution is -0.0848. The number of pyridine rings is 2. The maximum Gasteiger partial charge on any atom is 0.274 e. The number of primary amides is 1. The van der Waals surface area contributed by atoms with E-state index in [1.807, 2.05) is 24.5 Å². The highest BCUT2D eigenvalue weighted by atomic mass is 16.5. The Morgan fingerprint density at radius 1 is 1.18 bits per heavy atom. The number of hydrogen-bond donors (Lipinski definition) is 3. The van der Waals surface area contributed by atoms with E-state index in [1.165, 1.54) is 0 Å². The first-order valence-corrected chi connectivity index (χ1v) is 12.9.